The molecule has 0 saturated carbocycles. The molecule has 1 aliphatic heterocycles. The first-order valence-corrected chi connectivity index (χ1v) is 5.67. The van der Waals surface area contributed by atoms with Crippen LogP contribution < -0.4 is 0 Å². The van der Waals surface area contributed by atoms with E-state index in [-0.39, 0.29) is 12.0 Å². The van der Waals surface area contributed by atoms with Crippen LogP contribution in [0, 0.1) is 0 Å². The van der Waals surface area contributed by atoms with E-state index >= 15 is 0 Å². The van der Waals surface area contributed by atoms with Gasteiger partial charge in [-0.3, -0.25) is 0 Å². The molecule has 0 aliphatic carbocycles. The van der Waals surface area contributed by atoms with Crippen molar-refractivity contribution in [2.75, 3.05) is 20.1 Å². The Labute approximate surface area is 95.5 Å². The van der Waals surface area contributed by atoms with Gasteiger partial charge in [-0.05, 0) is 31.6 Å². The molecule has 15 heavy (non-hydrogen) atoms. The van der Waals surface area contributed by atoms with Gasteiger partial charge in [-0.15, -0.1) is 0 Å². The van der Waals surface area contributed by atoms with E-state index in [9.17, 15) is 5.11 Å². The first-order chi connectivity index (χ1) is 7.18. The largest absolute Gasteiger partial charge is 0.391 e. The van der Waals surface area contributed by atoms with E-state index in [1.807, 2.05) is 31.3 Å². The van der Waals surface area contributed by atoms with Crippen LogP contribution in [0.4, 0.5) is 0 Å². The zero-order valence-corrected chi connectivity index (χ0v) is 9.61. The number of β-amino-alcohol motifs (C(OH)–C–C–N with tert-alkyl or cyclic N) is 1. The molecule has 1 saturated heterocycles. The molecule has 0 radical (unpaired) electrons. The molecule has 0 aromatic heterocycles. The average molecular weight is 226 g/mol. The quantitative estimate of drug-likeness (QED) is 0.792. The molecule has 2 unspecified atom stereocenters. The molecule has 1 heterocycles. The van der Waals surface area contributed by atoms with Crippen LogP contribution in [0.3, 0.4) is 0 Å². The summed E-state index contributed by atoms with van der Waals surface area (Å²) >= 11 is 6.13. The number of rotatable bonds is 1. The van der Waals surface area contributed by atoms with Crippen LogP contribution in [0.15, 0.2) is 24.3 Å². The number of hydrogen-bond donors (Lipinski definition) is 1. The van der Waals surface area contributed by atoms with Gasteiger partial charge in [0.2, 0.25) is 0 Å². The van der Waals surface area contributed by atoms with Gasteiger partial charge in [-0.2, -0.15) is 0 Å². The van der Waals surface area contributed by atoms with Crippen molar-refractivity contribution in [1.82, 2.24) is 4.90 Å². The molecule has 0 bridgehead atoms. The van der Waals surface area contributed by atoms with Gasteiger partial charge in [0.15, 0.2) is 0 Å². The molecule has 0 amide bonds. The van der Waals surface area contributed by atoms with Crippen molar-refractivity contribution in [3.63, 3.8) is 0 Å². The summed E-state index contributed by atoms with van der Waals surface area (Å²) < 4.78 is 0. The zero-order chi connectivity index (χ0) is 10.8. The lowest BCUT2D eigenvalue weighted by Crippen LogP contribution is -2.40. The smallest absolute Gasteiger partial charge is 0.0736 e. The van der Waals surface area contributed by atoms with Gasteiger partial charge in [0.05, 0.1) is 6.10 Å². The van der Waals surface area contributed by atoms with E-state index in [2.05, 4.69) is 4.90 Å². The Kier molecular flexibility index (Phi) is 3.29. The first kappa shape index (κ1) is 10.9. The maximum atomic E-state index is 10.0. The van der Waals surface area contributed by atoms with E-state index in [4.69, 9.17) is 11.6 Å². The molecular weight excluding hydrogens is 210 g/mol. The summed E-state index contributed by atoms with van der Waals surface area (Å²) in [5, 5.41) is 10.8. The van der Waals surface area contributed by atoms with Crippen LogP contribution in [0.2, 0.25) is 5.02 Å². The molecule has 0 spiro atoms. The van der Waals surface area contributed by atoms with Gasteiger partial charge in [-0.1, -0.05) is 29.8 Å². The number of aliphatic hydroxyl groups excluding tert-OH is 1. The summed E-state index contributed by atoms with van der Waals surface area (Å²) in [6.07, 6.45) is 0.671. The van der Waals surface area contributed by atoms with Crippen molar-refractivity contribution in [2.45, 2.75) is 18.4 Å². The van der Waals surface area contributed by atoms with Crippen LogP contribution in [-0.4, -0.2) is 36.2 Å². The van der Waals surface area contributed by atoms with Gasteiger partial charge in [0.25, 0.3) is 0 Å². The Morgan fingerprint density at radius 1 is 1.40 bits per heavy atom. The third-order valence-corrected chi connectivity index (χ3v) is 3.43. The van der Waals surface area contributed by atoms with Gasteiger partial charge < -0.3 is 10.0 Å². The van der Waals surface area contributed by atoms with Crippen LogP contribution in [0.5, 0.6) is 0 Å². The van der Waals surface area contributed by atoms with E-state index in [0.717, 1.165) is 30.1 Å². The monoisotopic (exact) mass is 225 g/mol. The fourth-order valence-corrected chi connectivity index (χ4v) is 2.50. The molecule has 1 fully saturated rings. The highest BCUT2D eigenvalue weighted by atomic mass is 35.5. The van der Waals surface area contributed by atoms with Gasteiger partial charge in [-0.25, -0.2) is 0 Å². The molecule has 2 atom stereocenters. The van der Waals surface area contributed by atoms with Crippen molar-refractivity contribution < 1.29 is 5.11 Å². The highest BCUT2D eigenvalue weighted by Crippen LogP contribution is 2.32. The van der Waals surface area contributed by atoms with Crippen molar-refractivity contribution in [3.05, 3.63) is 34.9 Å². The summed E-state index contributed by atoms with van der Waals surface area (Å²) in [6.45, 7) is 1.75. The van der Waals surface area contributed by atoms with Crippen molar-refractivity contribution in [3.8, 4) is 0 Å². The van der Waals surface area contributed by atoms with Crippen molar-refractivity contribution in [2.24, 2.45) is 0 Å². The van der Waals surface area contributed by atoms with Crippen LogP contribution in [0.25, 0.3) is 0 Å². The predicted octanol–water partition coefficient (Wildman–Crippen LogP) is 2.12. The van der Waals surface area contributed by atoms with E-state index in [1.54, 1.807) is 0 Å². The third-order valence-electron chi connectivity index (χ3n) is 3.09. The Bertz CT molecular complexity index is 342. The number of likely N-dealkylation sites (tertiary alicyclic amines) is 1. The van der Waals surface area contributed by atoms with Crippen LogP contribution >= 0.6 is 11.6 Å². The van der Waals surface area contributed by atoms with E-state index < -0.39 is 0 Å². The Morgan fingerprint density at radius 2 is 2.13 bits per heavy atom. The highest BCUT2D eigenvalue weighted by molar-refractivity contribution is 6.31. The molecule has 1 aromatic rings. The molecule has 1 aromatic carbocycles. The van der Waals surface area contributed by atoms with Gasteiger partial charge in [0.1, 0.15) is 0 Å². The minimum absolute atomic E-state index is 0.190. The Balaban J connectivity index is 2.20. The molecule has 1 N–H and O–H groups in total. The van der Waals surface area contributed by atoms with Crippen LogP contribution in [0.1, 0.15) is 17.9 Å². The Morgan fingerprint density at radius 3 is 2.80 bits per heavy atom. The fourth-order valence-electron chi connectivity index (χ4n) is 2.23. The summed E-state index contributed by atoms with van der Waals surface area (Å²) in [5.41, 5.74) is 1.08. The SMILES string of the molecule is CN1CCC(c2ccccc2Cl)C(O)C1. The summed E-state index contributed by atoms with van der Waals surface area (Å²) in [5.74, 6) is 0.190. The normalized spacial score (nSPS) is 27.9. The number of benzene rings is 1. The lowest BCUT2D eigenvalue weighted by Gasteiger charge is -2.34. The second-order valence-electron chi connectivity index (χ2n) is 4.25. The number of halogens is 1. The summed E-state index contributed by atoms with van der Waals surface area (Å²) in [4.78, 5) is 2.15. The maximum absolute atomic E-state index is 10.0. The Hall–Kier alpha value is -0.570. The molecule has 82 valence electrons. The molecular formula is C12H16ClNO. The predicted molar refractivity (Wildman–Crippen MR) is 62.3 cm³/mol. The van der Waals surface area contributed by atoms with Crippen molar-refractivity contribution >= 4 is 11.6 Å². The standard InChI is InChI=1S/C12H16ClNO/c1-14-7-6-10(12(15)8-14)9-4-2-3-5-11(9)13/h2-5,10,12,15H,6-8H2,1H3. The lowest BCUT2D eigenvalue weighted by molar-refractivity contribution is 0.0638. The highest BCUT2D eigenvalue weighted by Gasteiger charge is 2.28. The first-order valence-electron chi connectivity index (χ1n) is 5.29. The number of likely N-dealkylation sites (N-methyl/N-ethyl adjacent to an activating group) is 1. The summed E-state index contributed by atoms with van der Waals surface area (Å²) in [6, 6.07) is 7.81. The number of hydrogen-bond acceptors (Lipinski definition) is 2. The van der Waals surface area contributed by atoms with Crippen molar-refractivity contribution in [1.29, 1.82) is 0 Å². The molecule has 3 heteroatoms. The molecule has 1 aliphatic rings. The van der Waals surface area contributed by atoms with E-state index in [1.165, 1.54) is 0 Å². The lowest BCUT2D eigenvalue weighted by atomic mass is 9.87. The minimum atomic E-state index is -0.302. The van der Waals surface area contributed by atoms with Crippen LogP contribution in [-0.2, 0) is 0 Å². The minimum Gasteiger partial charge on any atom is -0.391 e. The van der Waals surface area contributed by atoms with Gasteiger partial charge >= 0.3 is 0 Å². The fraction of sp³-hybridized carbons (Fsp3) is 0.500. The second kappa shape index (κ2) is 4.52. The third kappa shape index (κ3) is 2.33. The number of aliphatic hydroxyl groups is 1. The second-order valence-corrected chi connectivity index (χ2v) is 4.65. The number of piperidine rings is 1. The van der Waals surface area contributed by atoms with Gasteiger partial charge in [0, 0.05) is 17.5 Å². The summed E-state index contributed by atoms with van der Waals surface area (Å²) in [7, 11) is 2.03. The molecule has 2 nitrogen and oxygen atoms in total. The number of nitrogens with zero attached hydrogens (tertiary/aromatic N) is 1. The average Bonchev–Trinajstić information content (AvgIpc) is 2.20. The topological polar surface area (TPSA) is 23.5 Å². The van der Waals surface area contributed by atoms with E-state index in [0.29, 0.717) is 0 Å². The maximum Gasteiger partial charge on any atom is 0.0736 e. The molecule has 2 rings (SSSR count). The zero-order valence-electron chi connectivity index (χ0n) is 8.86.